The Kier molecular flexibility index (Phi) is 4.87. The van der Waals surface area contributed by atoms with Crippen LogP contribution in [0.15, 0.2) is 4.79 Å². The second kappa shape index (κ2) is 5.84. The minimum Gasteiger partial charge on any atom is -0.310 e. The van der Waals surface area contributed by atoms with E-state index in [1.54, 1.807) is 6.92 Å². The van der Waals surface area contributed by atoms with Crippen molar-refractivity contribution < 1.29 is 0 Å². The summed E-state index contributed by atoms with van der Waals surface area (Å²) < 4.78 is 0. The Bertz CT molecular complexity index is 491. The van der Waals surface area contributed by atoms with E-state index in [0.29, 0.717) is 5.82 Å². The number of aromatic nitrogens is 2. The van der Waals surface area contributed by atoms with Gasteiger partial charge in [0.2, 0.25) is 0 Å². The minimum atomic E-state index is -0.0485. The molecule has 0 aromatic carbocycles. The first-order chi connectivity index (χ1) is 8.65. The molecule has 1 aromatic rings. The zero-order valence-corrected chi connectivity index (χ0v) is 13.1. The molecule has 1 unspecified atom stereocenters. The molecule has 0 aliphatic carbocycles. The van der Waals surface area contributed by atoms with E-state index in [1.807, 2.05) is 13.8 Å². The third-order valence-electron chi connectivity index (χ3n) is 3.75. The Morgan fingerprint density at radius 3 is 2.42 bits per heavy atom. The summed E-state index contributed by atoms with van der Waals surface area (Å²) in [6.45, 7) is 10.8. The van der Waals surface area contributed by atoms with Crippen molar-refractivity contribution in [1.29, 1.82) is 0 Å². The molecule has 19 heavy (non-hydrogen) atoms. The average Bonchev–Trinajstić information content (AvgIpc) is 2.24. The van der Waals surface area contributed by atoms with Crippen LogP contribution in [0.4, 0.5) is 0 Å². The van der Waals surface area contributed by atoms with E-state index in [2.05, 4.69) is 48.1 Å². The third kappa shape index (κ3) is 3.88. The van der Waals surface area contributed by atoms with Crippen LogP contribution in [0.25, 0.3) is 0 Å². The molecular formula is C14H26N4O. The Labute approximate surface area is 115 Å². The lowest BCUT2D eigenvalue weighted by Crippen LogP contribution is -2.47. The lowest BCUT2D eigenvalue weighted by atomic mass is 10.0. The van der Waals surface area contributed by atoms with Gasteiger partial charge in [0.15, 0.2) is 0 Å². The largest absolute Gasteiger partial charge is 0.310 e. The summed E-state index contributed by atoms with van der Waals surface area (Å²) in [6.07, 6.45) is 0. The van der Waals surface area contributed by atoms with Crippen molar-refractivity contribution >= 4 is 0 Å². The number of hydrogen-bond acceptors (Lipinski definition) is 4. The van der Waals surface area contributed by atoms with Gasteiger partial charge in [-0.1, -0.05) is 0 Å². The highest BCUT2D eigenvalue weighted by molar-refractivity contribution is 5.20. The molecule has 0 bridgehead atoms. The third-order valence-corrected chi connectivity index (χ3v) is 3.75. The molecule has 5 heteroatoms. The highest BCUT2D eigenvalue weighted by Crippen LogP contribution is 2.14. The summed E-state index contributed by atoms with van der Waals surface area (Å²) in [7, 11) is 4.11. The molecule has 5 nitrogen and oxygen atoms in total. The summed E-state index contributed by atoms with van der Waals surface area (Å²) >= 11 is 0. The van der Waals surface area contributed by atoms with Crippen LogP contribution in [-0.2, 0) is 0 Å². The van der Waals surface area contributed by atoms with Crippen molar-refractivity contribution in [3.8, 4) is 0 Å². The predicted octanol–water partition coefficient (Wildman–Crippen LogP) is 1.38. The van der Waals surface area contributed by atoms with E-state index in [9.17, 15) is 4.79 Å². The Morgan fingerprint density at radius 2 is 1.95 bits per heavy atom. The number of nitrogens with one attached hydrogen (secondary N) is 2. The first-order valence-electron chi connectivity index (χ1n) is 6.63. The predicted molar refractivity (Wildman–Crippen MR) is 78.5 cm³/mol. The standard InChI is InChI=1S/C14H26N4O/c1-9(15-8-14(4,5)18(6)7)12-10(2)16-11(3)17-13(12)19/h9,15H,8H2,1-7H3,(H,16,17,19). The van der Waals surface area contributed by atoms with E-state index in [4.69, 9.17) is 0 Å². The normalized spacial score (nSPS) is 13.9. The molecule has 0 amide bonds. The Balaban J connectivity index is 2.86. The number of H-pyrrole nitrogens is 1. The fourth-order valence-electron chi connectivity index (χ4n) is 1.91. The van der Waals surface area contributed by atoms with Gasteiger partial charge in [-0.05, 0) is 48.7 Å². The monoisotopic (exact) mass is 266 g/mol. The maximum atomic E-state index is 12.0. The molecule has 1 heterocycles. The van der Waals surface area contributed by atoms with E-state index in [1.165, 1.54) is 0 Å². The summed E-state index contributed by atoms with van der Waals surface area (Å²) in [6, 6.07) is -0.0175. The van der Waals surface area contributed by atoms with Gasteiger partial charge in [-0.3, -0.25) is 4.79 Å². The van der Waals surface area contributed by atoms with Crippen molar-refractivity contribution in [2.24, 2.45) is 0 Å². The van der Waals surface area contributed by atoms with Crippen LogP contribution in [0.5, 0.6) is 0 Å². The van der Waals surface area contributed by atoms with Crippen LogP contribution in [0, 0.1) is 13.8 Å². The van der Waals surface area contributed by atoms with Crippen molar-refractivity contribution in [2.75, 3.05) is 20.6 Å². The summed E-state index contributed by atoms with van der Waals surface area (Å²) in [5.74, 6) is 0.659. The molecule has 0 fully saturated rings. The van der Waals surface area contributed by atoms with E-state index >= 15 is 0 Å². The fourth-order valence-corrected chi connectivity index (χ4v) is 1.91. The molecule has 0 aliphatic rings. The molecule has 0 saturated carbocycles. The van der Waals surface area contributed by atoms with Crippen molar-refractivity contribution in [3.63, 3.8) is 0 Å². The average molecular weight is 266 g/mol. The Morgan fingerprint density at radius 1 is 1.37 bits per heavy atom. The molecular weight excluding hydrogens is 240 g/mol. The van der Waals surface area contributed by atoms with Gasteiger partial charge >= 0.3 is 0 Å². The van der Waals surface area contributed by atoms with Gasteiger partial charge in [-0.25, -0.2) is 4.98 Å². The number of nitrogens with zero attached hydrogens (tertiary/aromatic N) is 2. The SMILES string of the molecule is Cc1nc(C)c(C(C)NCC(C)(C)N(C)C)c(=O)[nH]1. The molecule has 1 aromatic heterocycles. The van der Waals surface area contributed by atoms with Gasteiger partial charge in [-0.2, -0.15) is 0 Å². The van der Waals surface area contributed by atoms with Crippen LogP contribution in [0.3, 0.4) is 0 Å². The maximum absolute atomic E-state index is 12.0. The summed E-state index contributed by atoms with van der Waals surface area (Å²) in [5, 5.41) is 3.42. The van der Waals surface area contributed by atoms with Gasteiger partial charge in [-0.15, -0.1) is 0 Å². The number of rotatable bonds is 5. The Hall–Kier alpha value is -1.20. The van der Waals surface area contributed by atoms with Crippen molar-refractivity contribution in [1.82, 2.24) is 20.2 Å². The summed E-state index contributed by atoms with van der Waals surface area (Å²) in [4.78, 5) is 21.3. The van der Waals surface area contributed by atoms with Crippen molar-refractivity contribution in [2.45, 2.75) is 46.2 Å². The second-order valence-corrected chi connectivity index (χ2v) is 5.96. The van der Waals surface area contributed by atoms with Gasteiger partial charge in [0, 0.05) is 23.8 Å². The fraction of sp³-hybridized carbons (Fsp3) is 0.714. The number of likely N-dealkylation sites (N-methyl/N-ethyl adjacent to an activating group) is 1. The molecule has 0 saturated heterocycles. The smallest absolute Gasteiger partial charge is 0.255 e. The van der Waals surface area contributed by atoms with Crippen LogP contribution in [0.1, 0.15) is 43.9 Å². The molecule has 0 radical (unpaired) electrons. The van der Waals surface area contributed by atoms with Gasteiger partial charge in [0.25, 0.3) is 5.56 Å². The zero-order chi connectivity index (χ0) is 14.8. The van der Waals surface area contributed by atoms with E-state index in [0.717, 1.165) is 17.8 Å². The first-order valence-corrected chi connectivity index (χ1v) is 6.63. The molecule has 0 spiro atoms. The van der Waals surface area contributed by atoms with Gasteiger partial charge in [0.05, 0.1) is 5.56 Å². The zero-order valence-electron chi connectivity index (χ0n) is 13.1. The minimum absolute atomic E-state index is 0.0175. The van der Waals surface area contributed by atoms with Crippen LogP contribution in [-0.4, -0.2) is 41.0 Å². The summed E-state index contributed by atoms with van der Waals surface area (Å²) in [5.41, 5.74) is 1.50. The van der Waals surface area contributed by atoms with Crippen LogP contribution in [0.2, 0.25) is 0 Å². The van der Waals surface area contributed by atoms with E-state index in [-0.39, 0.29) is 17.1 Å². The molecule has 108 valence electrons. The van der Waals surface area contributed by atoms with Crippen LogP contribution >= 0.6 is 0 Å². The van der Waals surface area contributed by atoms with Gasteiger partial charge in [0.1, 0.15) is 5.82 Å². The molecule has 1 rings (SSSR count). The lowest BCUT2D eigenvalue weighted by molar-refractivity contribution is 0.185. The number of aromatic amines is 1. The highest BCUT2D eigenvalue weighted by atomic mass is 16.1. The number of hydrogen-bond donors (Lipinski definition) is 2. The highest BCUT2D eigenvalue weighted by Gasteiger charge is 2.22. The first kappa shape index (κ1) is 15.9. The molecule has 2 N–H and O–H groups in total. The van der Waals surface area contributed by atoms with Crippen LogP contribution < -0.4 is 10.9 Å². The number of aryl methyl sites for hydroxylation is 2. The quantitative estimate of drug-likeness (QED) is 0.845. The lowest BCUT2D eigenvalue weighted by Gasteiger charge is -2.34. The van der Waals surface area contributed by atoms with E-state index < -0.39 is 0 Å². The topological polar surface area (TPSA) is 61.0 Å². The molecule has 1 atom stereocenters. The van der Waals surface area contributed by atoms with Crippen molar-refractivity contribution in [3.05, 3.63) is 27.4 Å². The second-order valence-electron chi connectivity index (χ2n) is 5.96. The van der Waals surface area contributed by atoms with Gasteiger partial charge < -0.3 is 15.2 Å². The molecule has 0 aliphatic heterocycles. The maximum Gasteiger partial charge on any atom is 0.255 e.